The normalized spacial score (nSPS) is 12.5. The van der Waals surface area contributed by atoms with Crippen molar-refractivity contribution in [1.29, 1.82) is 0 Å². The maximum absolute atomic E-state index is 12.4. The molecule has 0 saturated carbocycles. The van der Waals surface area contributed by atoms with Gasteiger partial charge in [0.1, 0.15) is 6.04 Å². The Balaban J connectivity index is 2.14. The number of nitrogens with one attached hydrogen (secondary N) is 1. The molecule has 2 aromatic rings. The van der Waals surface area contributed by atoms with Crippen LogP contribution in [-0.2, 0) is 16.0 Å². The van der Waals surface area contributed by atoms with E-state index in [2.05, 4.69) is 4.98 Å². The molecule has 0 aliphatic rings. The third-order valence-electron chi connectivity index (χ3n) is 4.03. The van der Waals surface area contributed by atoms with Gasteiger partial charge in [-0.25, -0.2) is 4.79 Å². The molecule has 0 aliphatic carbocycles. The van der Waals surface area contributed by atoms with E-state index < -0.39 is 12.0 Å². The molecule has 1 aromatic heterocycles. The summed E-state index contributed by atoms with van der Waals surface area (Å²) in [6, 6.07) is 7.16. The second-order valence-electron chi connectivity index (χ2n) is 6.31. The molecule has 0 saturated heterocycles. The molecule has 0 fully saturated rings. The van der Waals surface area contributed by atoms with Crippen molar-refractivity contribution < 1.29 is 14.7 Å². The highest BCUT2D eigenvalue weighted by Gasteiger charge is 2.25. The highest BCUT2D eigenvalue weighted by molar-refractivity contribution is 5.84. The van der Waals surface area contributed by atoms with Gasteiger partial charge in [0, 0.05) is 30.1 Å². The van der Waals surface area contributed by atoms with E-state index in [1.807, 2.05) is 44.3 Å². The van der Waals surface area contributed by atoms with Crippen LogP contribution in [0, 0.1) is 5.92 Å². The number of carboxylic acid groups (broad SMARTS) is 1. The Bertz CT molecular complexity index is 690. The van der Waals surface area contributed by atoms with Crippen molar-refractivity contribution >= 4 is 22.8 Å². The van der Waals surface area contributed by atoms with Gasteiger partial charge < -0.3 is 15.0 Å². The molecule has 0 bridgehead atoms. The van der Waals surface area contributed by atoms with Gasteiger partial charge in [-0.1, -0.05) is 32.0 Å². The number of para-hydroxylation sites is 1. The van der Waals surface area contributed by atoms with E-state index >= 15 is 0 Å². The first-order chi connectivity index (χ1) is 10.9. The molecule has 23 heavy (non-hydrogen) atoms. The second-order valence-corrected chi connectivity index (χ2v) is 6.31. The first-order valence-electron chi connectivity index (χ1n) is 7.97. The number of benzene rings is 1. The highest BCUT2D eigenvalue weighted by atomic mass is 16.4. The van der Waals surface area contributed by atoms with Crippen LogP contribution in [0.3, 0.4) is 0 Å². The van der Waals surface area contributed by atoms with Gasteiger partial charge in [-0.05, 0) is 30.9 Å². The number of hydrogen-bond donors (Lipinski definition) is 2. The van der Waals surface area contributed by atoms with Gasteiger partial charge in [0.05, 0.1) is 0 Å². The molecule has 0 spiro atoms. The van der Waals surface area contributed by atoms with Crippen LogP contribution in [0.2, 0.25) is 0 Å². The average Bonchev–Trinajstić information content (AvgIpc) is 2.90. The number of aromatic amines is 1. The highest BCUT2D eigenvalue weighted by Crippen LogP contribution is 2.19. The second kappa shape index (κ2) is 7.31. The summed E-state index contributed by atoms with van der Waals surface area (Å²) in [6.07, 6.45) is 2.93. The van der Waals surface area contributed by atoms with Crippen LogP contribution >= 0.6 is 0 Å². The Morgan fingerprint density at radius 3 is 2.57 bits per heavy atom. The van der Waals surface area contributed by atoms with Crippen molar-refractivity contribution in [3.63, 3.8) is 0 Å². The number of hydrogen-bond acceptors (Lipinski definition) is 2. The summed E-state index contributed by atoms with van der Waals surface area (Å²) in [5, 5.41) is 10.4. The summed E-state index contributed by atoms with van der Waals surface area (Å²) >= 11 is 0. The summed E-state index contributed by atoms with van der Waals surface area (Å²) in [6.45, 7) is 5.89. The minimum Gasteiger partial charge on any atom is -0.480 e. The molecule has 2 N–H and O–H groups in total. The fourth-order valence-electron chi connectivity index (χ4n) is 2.71. The summed E-state index contributed by atoms with van der Waals surface area (Å²) < 4.78 is 0. The molecule has 1 heterocycles. The van der Waals surface area contributed by atoms with Crippen molar-refractivity contribution in [3.8, 4) is 0 Å². The lowest BCUT2D eigenvalue weighted by Gasteiger charge is -2.27. The Kier molecular flexibility index (Phi) is 5.42. The topological polar surface area (TPSA) is 73.4 Å². The maximum Gasteiger partial charge on any atom is 0.326 e. The van der Waals surface area contributed by atoms with Gasteiger partial charge in [0.25, 0.3) is 0 Å². The summed E-state index contributed by atoms with van der Waals surface area (Å²) in [4.78, 5) is 28.4. The van der Waals surface area contributed by atoms with Gasteiger partial charge >= 0.3 is 5.97 Å². The average molecular weight is 316 g/mol. The van der Waals surface area contributed by atoms with E-state index in [9.17, 15) is 14.7 Å². The van der Waals surface area contributed by atoms with Gasteiger partial charge in [0.15, 0.2) is 0 Å². The number of H-pyrrole nitrogens is 1. The van der Waals surface area contributed by atoms with Gasteiger partial charge in [-0.2, -0.15) is 0 Å². The first kappa shape index (κ1) is 17.1. The van der Waals surface area contributed by atoms with Crippen molar-refractivity contribution in [2.24, 2.45) is 5.92 Å². The van der Waals surface area contributed by atoms with Crippen LogP contribution in [0.25, 0.3) is 10.9 Å². The molecule has 1 amide bonds. The number of aliphatic carboxylic acids is 1. The number of amides is 1. The van der Waals surface area contributed by atoms with Crippen LogP contribution in [0.15, 0.2) is 30.5 Å². The zero-order valence-corrected chi connectivity index (χ0v) is 13.9. The molecule has 0 aliphatic heterocycles. The smallest absolute Gasteiger partial charge is 0.326 e. The number of nitrogens with zero attached hydrogens (tertiary/aromatic N) is 1. The quantitative estimate of drug-likeness (QED) is 0.824. The van der Waals surface area contributed by atoms with Crippen LogP contribution < -0.4 is 0 Å². The van der Waals surface area contributed by atoms with Crippen LogP contribution in [0.1, 0.15) is 32.8 Å². The minimum absolute atomic E-state index is 0.102. The van der Waals surface area contributed by atoms with Crippen molar-refractivity contribution in [1.82, 2.24) is 9.88 Å². The van der Waals surface area contributed by atoms with E-state index in [1.165, 1.54) is 4.90 Å². The van der Waals surface area contributed by atoms with Crippen molar-refractivity contribution in [3.05, 3.63) is 36.0 Å². The van der Waals surface area contributed by atoms with Gasteiger partial charge in [0.2, 0.25) is 5.91 Å². The predicted molar refractivity (Wildman–Crippen MR) is 90.3 cm³/mol. The predicted octanol–water partition coefficient (Wildman–Crippen LogP) is 3.06. The Morgan fingerprint density at radius 2 is 1.91 bits per heavy atom. The molecular weight excluding hydrogens is 292 g/mol. The van der Waals surface area contributed by atoms with E-state index in [-0.39, 0.29) is 11.8 Å². The molecule has 1 aromatic carbocycles. The largest absolute Gasteiger partial charge is 0.480 e. The Morgan fingerprint density at radius 1 is 1.22 bits per heavy atom. The van der Waals surface area contributed by atoms with E-state index in [4.69, 9.17) is 0 Å². The Hall–Kier alpha value is -2.30. The third-order valence-corrected chi connectivity index (χ3v) is 4.03. The molecule has 124 valence electrons. The molecule has 1 unspecified atom stereocenters. The zero-order chi connectivity index (χ0) is 17.0. The molecule has 0 radical (unpaired) electrons. The molecule has 5 heteroatoms. The minimum atomic E-state index is -0.971. The third kappa shape index (κ3) is 4.12. The van der Waals surface area contributed by atoms with Crippen LogP contribution in [0.5, 0.6) is 0 Å². The molecule has 5 nitrogen and oxygen atoms in total. The lowest BCUT2D eigenvalue weighted by atomic mass is 10.1. The summed E-state index contributed by atoms with van der Waals surface area (Å²) in [7, 11) is 0. The first-order valence-corrected chi connectivity index (χ1v) is 7.97. The van der Waals surface area contributed by atoms with Crippen molar-refractivity contribution in [2.75, 3.05) is 6.54 Å². The lowest BCUT2D eigenvalue weighted by molar-refractivity contribution is -0.149. The molecule has 2 rings (SSSR count). The van der Waals surface area contributed by atoms with E-state index in [0.29, 0.717) is 19.4 Å². The number of rotatable bonds is 7. The molecule has 1 atom stereocenters. The monoisotopic (exact) mass is 316 g/mol. The zero-order valence-electron chi connectivity index (χ0n) is 13.9. The van der Waals surface area contributed by atoms with E-state index in [0.717, 1.165) is 16.5 Å². The Labute approximate surface area is 136 Å². The molecular formula is C18H24N2O3. The van der Waals surface area contributed by atoms with Crippen LogP contribution in [-0.4, -0.2) is 39.5 Å². The van der Waals surface area contributed by atoms with Crippen LogP contribution in [0.4, 0.5) is 0 Å². The van der Waals surface area contributed by atoms with E-state index in [1.54, 1.807) is 6.92 Å². The van der Waals surface area contributed by atoms with Gasteiger partial charge in [-0.3, -0.25) is 4.79 Å². The number of carbonyl (C=O) groups excluding carboxylic acids is 1. The number of fused-ring (bicyclic) bond motifs is 1. The lowest BCUT2D eigenvalue weighted by Crippen LogP contribution is -2.44. The number of carboxylic acids is 1. The summed E-state index contributed by atoms with van der Waals surface area (Å²) in [5.41, 5.74) is 2.15. The van der Waals surface area contributed by atoms with Crippen molar-refractivity contribution in [2.45, 2.75) is 39.7 Å². The standard InChI is InChI=1S/C18H24N2O3/c1-12(2)10-17(21)20(13(3)18(22)23)9-8-14-11-19-16-7-5-4-6-15(14)16/h4-7,11-13,19H,8-10H2,1-3H3,(H,22,23). The number of carbonyl (C=O) groups is 2. The fourth-order valence-corrected chi connectivity index (χ4v) is 2.71. The SMILES string of the molecule is CC(C)CC(=O)N(CCc1c[nH]c2ccccc12)C(C)C(=O)O. The fraction of sp³-hybridized carbons (Fsp3) is 0.444. The number of aromatic nitrogens is 1. The summed E-state index contributed by atoms with van der Waals surface area (Å²) in [5.74, 6) is -0.866. The van der Waals surface area contributed by atoms with Gasteiger partial charge in [-0.15, -0.1) is 0 Å². The maximum atomic E-state index is 12.4.